The van der Waals surface area contributed by atoms with Crippen molar-refractivity contribution in [3.05, 3.63) is 71.3 Å². The van der Waals surface area contributed by atoms with Gasteiger partial charge >= 0.3 is 11.9 Å². The highest BCUT2D eigenvalue weighted by Crippen LogP contribution is 2.33. The number of hydrogen-bond acceptors (Lipinski definition) is 11. The molecule has 12 heteroatoms. The summed E-state index contributed by atoms with van der Waals surface area (Å²) in [5.41, 5.74) is 1.07. The molecular weight excluding hydrogens is 1210 g/mol. The van der Waals surface area contributed by atoms with E-state index in [-0.39, 0.29) is 32.2 Å². The Bertz CT molecular complexity index is 2250. The lowest BCUT2D eigenvalue weighted by molar-refractivity contribution is 0.0361. The van der Waals surface area contributed by atoms with Crippen LogP contribution in [0.3, 0.4) is 0 Å². The van der Waals surface area contributed by atoms with Crippen LogP contribution in [0, 0.1) is 0 Å². The first-order valence-electron chi connectivity index (χ1n) is 40.6. The van der Waals surface area contributed by atoms with Crippen LogP contribution in [0.2, 0.25) is 0 Å². The van der Waals surface area contributed by atoms with E-state index < -0.39 is 11.9 Å². The van der Waals surface area contributed by atoms with Crippen LogP contribution in [0.25, 0.3) is 0 Å². The van der Waals surface area contributed by atoms with Crippen LogP contribution < -0.4 is 28.4 Å². The standard InChI is InChI=1S/C85H143NO11/c1-7-13-19-25-31-37-43-49-63-90-77-58-55-74(71-80(77)93-66-52-46-40-34-28-22-16-10-4)83(87)86(61-69-96-84(88)75-56-59-78(91-64-50-44-38-32-26-20-14-8-2)81(72-75)94-67-53-47-41-35-29-23-17-11-5)62-70-97-85(89)76-57-60-79(92-65-51-45-39-33-27-21-15-9-3)82(73-76)95-68-54-48-42-36-30-24-18-12-6/h55-60,71-73H,7-54,61-70H2,1-6H3. The SMILES string of the molecule is CCCCCCCCCCOc1ccc(C(=O)OCCN(CCOC(=O)c2ccc(OCCCCCCCCCC)c(OCCCCCCCCCC)c2)C(=O)c2ccc(OCCCCCCCCCC)c(OCCCCCCCCCC)c2)cc1OCCCCCCCCCC. The first-order valence-corrected chi connectivity index (χ1v) is 40.6. The van der Waals surface area contributed by atoms with Crippen molar-refractivity contribution in [2.24, 2.45) is 0 Å². The number of hydrogen-bond donors (Lipinski definition) is 0. The van der Waals surface area contributed by atoms with Crippen LogP contribution >= 0.6 is 0 Å². The Morgan fingerprint density at radius 3 is 0.670 bits per heavy atom. The molecule has 1 amide bonds. The molecule has 0 N–H and O–H groups in total. The lowest BCUT2D eigenvalue weighted by Crippen LogP contribution is -2.37. The summed E-state index contributed by atoms with van der Waals surface area (Å²) in [5.74, 6) is 2.06. The number of benzene rings is 3. The third-order valence-corrected chi connectivity index (χ3v) is 18.6. The van der Waals surface area contributed by atoms with Gasteiger partial charge < -0.3 is 42.8 Å². The van der Waals surface area contributed by atoms with E-state index in [0.717, 1.165) is 77.0 Å². The van der Waals surface area contributed by atoms with Gasteiger partial charge in [0.25, 0.3) is 5.91 Å². The summed E-state index contributed by atoms with van der Waals surface area (Å²) in [5, 5.41) is 0. The van der Waals surface area contributed by atoms with Crippen molar-refractivity contribution < 1.29 is 52.3 Å². The van der Waals surface area contributed by atoms with Crippen LogP contribution in [-0.2, 0) is 9.47 Å². The minimum atomic E-state index is -0.536. The van der Waals surface area contributed by atoms with E-state index in [1.54, 1.807) is 41.3 Å². The van der Waals surface area contributed by atoms with Crippen molar-refractivity contribution >= 4 is 17.8 Å². The van der Waals surface area contributed by atoms with E-state index in [1.165, 1.54) is 231 Å². The molecule has 0 aromatic heterocycles. The Morgan fingerprint density at radius 2 is 0.433 bits per heavy atom. The van der Waals surface area contributed by atoms with Crippen molar-refractivity contribution in [2.75, 3.05) is 65.9 Å². The van der Waals surface area contributed by atoms with E-state index in [9.17, 15) is 14.4 Å². The Morgan fingerprint density at radius 1 is 0.237 bits per heavy atom. The third kappa shape index (κ3) is 43.9. The number of carbonyl (C=O) groups excluding carboxylic acids is 3. The molecule has 0 saturated heterocycles. The molecule has 0 aliphatic heterocycles. The number of rotatable bonds is 69. The van der Waals surface area contributed by atoms with Crippen LogP contribution in [0.5, 0.6) is 34.5 Å². The molecule has 554 valence electrons. The van der Waals surface area contributed by atoms with Crippen molar-refractivity contribution in [3.63, 3.8) is 0 Å². The van der Waals surface area contributed by atoms with Gasteiger partial charge in [0, 0.05) is 5.56 Å². The zero-order valence-corrected chi connectivity index (χ0v) is 63.1. The molecule has 0 fully saturated rings. The van der Waals surface area contributed by atoms with Gasteiger partial charge in [-0.2, -0.15) is 0 Å². The van der Waals surface area contributed by atoms with Gasteiger partial charge in [-0.3, -0.25) is 4.79 Å². The number of amides is 1. The first-order chi connectivity index (χ1) is 47.8. The summed E-state index contributed by atoms with van der Waals surface area (Å²) in [7, 11) is 0. The van der Waals surface area contributed by atoms with Gasteiger partial charge in [-0.05, 0) is 93.1 Å². The fraction of sp³-hybridized carbons (Fsp3) is 0.753. The Hall–Kier alpha value is -5.13. The maximum Gasteiger partial charge on any atom is 0.338 e. The molecule has 97 heavy (non-hydrogen) atoms. The molecule has 0 heterocycles. The van der Waals surface area contributed by atoms with Crippen molar-refractivity contribution in [2.45, 2.75) is 350 Å². The van der Waals surface area contributed by atoms with Gasteiger partial charge in [0.2, 0.25) is 0 Å². The predicted octanol–water partition coefficient (Wildman–Crippen LogP) is 25.0. The second-order valence-corrected chi connectivity index (χ2v) is 27.5. The maximum atomic E-state index is 14.9. The van der Waals surface area contributed by atoms with Crippen molar-refractivity contribution in [1.29, 1.82) is 0 Å². The van der Waals surface area contributed by atoms with Crippen LogP contribution in [0.4, 0.5) is 0 Å². The van der Waals surface area contributed by atoms with Crippen LogP contribution in [0.1, 0.15) is 381 Å². The Kier molecular flexibility index (Phi) is 55.0. The number of carbonyl (C=O) groups is 3. The Labute approximate surface area is 593 Å². The lowest BCUT2D eigenvalue weighted by Gasteiger charge is -2.23. The summed E-state index contributed by atoms with van der Waals surface area (Å²) < 4.78 is 50.3. The molecule has 0 unspecified atom stereocenters. The summed E-state index contributed by atoms with van der Waals surface area (Å²) in [6, 6.07) is 16.0. The molecule has 0 radical (unpaired) electrons. The molecular formula is C85H143NO11. The van der Waals surface area contributed by atoms with E-state index in [4.69, 9.17) is 37.9 Å². The zero-order chi connectivity index (χ0) is 69.5. The van der Waals surface area contributed by atoms with Gasteiger partial charge in [0.1, 0.15) is 13.2 Å². The minimum Gasteiger partial charge on any atom is -0.490 e. The monoisotopic (exact) mass is 1350 g/mol. The molecule has 3 aromatic carbocycles. The van der Waals surface area contributed by atoms with E-state index in [0.29, 0.717) is 90.8 Å². The lowest BCUT2D eigenvalue weighted by atomic mass is 10.1. The Balaban J connectivity index is 1.87. The number of nitrogens with zero attached hydrogens (tertiary/aromatic N) is 1. The highest BCUT2D eigenvalue weighted by molar-refractivity contribution is 5.95. The first kappa shape index (κ1) is 86.1. The fourth-order valence-electron chi connectivity index (χ4n) is 12.3. The van der Waals surface area contributed by atoms with Crippen molar-refractivity contribution in [3.8, 4) is 34.5 Å². The molecule has 0 aliphatic carbocycles. The van der Waals surface area contributed by atoms with Crippen LogP contribution in [-0.4, -0.2) is 88.7 Å². The van der Waals surface area contributed by atoms with E-state index in [2.05, 4.69) is 41.5 Å². The highest BCUT2D eigenvalue weighted by Gasteiger charge is 2.22. The van der Waals surface area contributed by atoms with Crippen LogP contribution in [0.15, 0.2) is 54.6 Å². The average Bonchev–Trinajstić information content (AvgIpc) is 0.912. The number of ether oxygens (including phenoxy) is 8. The van der Waals surface area contributed by atoms with Gasteiger partial charge in [-0.1, -0.05) is 311 Å². The summed E-state index contributed by atoms with van der Waals surface area (Å²) in [6.45, 7) is 16.6. The van der Waals surface area contributed by atoms with Gasteiger partial charge in [0.05, 0.1) is 63.9 Å². The zero-order valence-electron chi connectivity index (χ0n) is 63.1. The molecule has 0 spiro atoms. The van der Waals surface area contributed by atoms with Gasteiger partial charge in [-0.25, -0.2) is 9.59 Å². The quantitative estimate of drug-likeness (QED) is 0.0396. The smallest absolute Gasteiger partial charge is 0.338 e. The summed E-state index contributed by atoms with van der Waals surface area (Å²) in [6.07, 6.45) is 57.3. The van der Waals surface area contributed by atoms with Gasteiger partial charge in [-0.15, -0.1) is 0 Å². The van der Waals surface area contributed by atoms with Gasteiger partial charge in [0.15, 0.2) is 34.5 Å². The number of esters is 2. The largest absolute Gasteiger partial charge is 0.490 e. The molecule has 3 rings (SSSR count). The van der Waals surface area contributed by atoms with E-state index >= 15 is 0 Å². The molecule has 3 aromatic rings. The number of unbranched alkanes of at least 4 members (excludes halogenated alkanes) is 42. The highest BCUT2D eigenvalue weighted by atomic mass is 16.5. The van der Waals surface area contributed by atoms with Crippen molar-refractivity contribution in [1.82, 2.24) is 4.90 Å². The molecule has 0 atom stereocenters. The molecule has 0 aliphatic rings. The summed E-state index contributed by atoms with van der Waals surface area (Å²) >= 11 is 0. The normalized spacial score (nSPS) is 11.2. The molecule has 0 saturated carbocycles. The second-order valence-electron chi connectivity index (χ2n) is 27.5. The summed E-state index contributed by atoms with van der Waals surface area (Å²) in [4.78, 5) is 44.6. The maximum absolute atomic E-state index is 14.9. The molecule has 0 bridgehead atoms. The molecule has 12 nitrogen and oxygen atoms in total. The minimum absolute atomic E-state index is 0.0382. The topological polar surface area (TPSA) is 128 Å². The fourth-order valence-corrected chi connectivity index (χ4v) is 12.3. The average molecular weight is 1360 g/mol. The third-order valence-electron chi connectivity index (χ3n) is 18.6. The van der Waals surface area contributed by atoms with E-state index in [1.807, 2.05) is 18.2 Å². The predicted molar refractivity (Wildman–Crippen MR) is 404 cm³/mol. The second kappa shape index (κ2) is 61.9.